The van der Waals surface area contributed by atoms with Crippen LogP contribution in [-0.4, -0.2) is 32.7 Å². The van der Waals surface area contributed by atoms with E-state index in [9.17, 15) is 0 Å². The van der Waals surface area contributed by atoms with Crippen LogP contribution in [0.3, 0.4) is 0 Å². The Bertz CT molecular complexity index is 5170. The minimum absolute atomic E-state index is 0. The number of fused-ring (bicyclic) bond motifs is 16. The molecule has 16 rings (SSSR count). The van der Waals surface area contributed by atoms with Crippen molar-refractivity contribution in [2.75, 3.05) is 6.54 Å². The van der Waals surface area contributed by atoms with Gasteiger partial charge in [0.05, 0.1) is 51.2 Å². The van der Waals surface area contributed by atoms with Crippen LogP contribution >= 0.6 is 0 Å². The summed E-state index contributed by atoms with van der Waals surface area (Å²) in [6.07, 6.45) is 30.1. The standard InChI is InChI=1S/C38H28N6.C38H27N6.3Zn/c2*1-22-27-12-14-29(41-27)23(2)31-16-18-35(43-31)38(36-19-17-32(44-36)24(3)30-15-13-28(22)42-30)26-10-8-25(9-11-26)37(33-6-4-20-39-33)34-7-5-21-40-34;;;/h4-20H,21H2,1-3H3;4-21H,1-3H3;;;/q-4;-3;;2*+2. The summed E-state index contributed by atoms with van der Waals surface area (Å²) < 4.78 is 0. The third-order valence-corrected chi connectivity index (χ3v) is 17.0. The van der Waals surface area contributed by atoms with E-state index < -0.39 is 0 Å². The van der Waals surface area contributed by atoms with Crippen molar-refractivity contribution in [3.63, 3.8) is 0 Å². The zero-order valence-electron chi connectivity index (χ0n) is 51.4. The maximum Gasteiger partial charge on any atom is 2.00 e. The van der Waals surface area contributed by atoms with Gasteiger partial charge in [-0.1, -0.05) is 127 Å². The van der Waals surface area contributed by atoms with Crippen molar-refractivity contribution < 1.29 is 58.4 Å². The van der Waals surface area contributed by atoms with Crippen molar-refractivity contribution in [3.05, 3.63) is 276 Å². The smallest absolute Gasteiger partial charge is 0.681 e. The molecule has 0 unspecified atom stereocenters. The quantitative estimate of drug-likeness (QED) is 0.146. The van der Waals surface area contributed by atoms with Crippen molar-refractivity contribution >= 4 is 110 Å². The van der Waals surface area contributed by atoms with E-state index in [4.69, 9.17) is 45.2 Å². The van der Waals surface area contributed by atoms with Gasteiger partial charge in [0.2, 0.25) is 0 Å². The number of benzene rings is 2. The fourth-order valence-corrected chi connectivity index (χ4v) is 11.9. The van der Waals surface area contributed by atoms with Crippen LogP contribution in [0.1, 0.15) is 101 Å². The van der Waals surface area contributed by atoms with E-state index in [-0.39, 0.29) is 58.4 Å². The summed E-state index contributed by atoms with van der Waals surface area (Å²) in [5.41, 5.74) is 32.4. The molecule has 0 amide bonds. The van der Waals surface area contributed by atoms with Crippen LogP contribution in [-0.2, 0) is 58.4 Å². The first-order valence-electron chi connectivity index (χ1n) is 29.4. The normalized spacial score (nSPS) is 14.2. The first-order valence-corrected chi connectivity index (χ1v) is 29.4. The molecule has 16 bridgehead atoms. The molecule has 0 N–H and O–H groups in total. The van der Waals surface area contributed by atoms with Gasteiger partial charge in [-0.05, 0) is 180 Å². The molecule has 10 aromatic rings. The second kappa shape index (κ2) is 25.8. The van der Waals surface area contributed by atoms with Gasteiger partial charge < -0.3 is 35.2 Å². The molecule has 8 aromatic heterocycles. The molecule has 0 saturated carbocycles. The first kappa shape index (κ1) is 61.7. The van der Waals surface area contributed by atoms with Gasteiger partial charge in [-0.25, -0.2) is 19.9 Å². The Labute approximate surface area is 565 Å². The number of hydrogen-bond donors (Lipinski definition) is 0. The Hall–Kier alpha value is -9.50. The minimum atomic E-state index is 0. The number of hydrogen-bond acceptors (Lipinski definition) is 5. The molecule has 12 nitrogen and oxygen atoms in total. The summed E-state index contributed by atoms with van der Waals surface area (Å²) in [4.78, 5) is 54.1. The molecule has 0 aliphatic carbocycles. The van der Waals surface area contributed by atoms with E-state index in [0.717, 1.165) is 190 Å². The van der Waals surface area contributed by atoms with E-state index >= 15 is 0 Å². The topological polar surface area (TPSA) is 163 Å². The largest absolute Gasteiger partial charge is 2.00 e. The molecule has 0 atom stereocenters. The molecule has 0 saturated heterocycles. The van der Waals surface area contributed by atoms with Gasteiger partial charge in [0.1, 0.15) is 0 Å². The summed E-state index contributed by atoms with van der Waals surface area (Å²) >= 11 is 0. The van der Waals surface area contributed by atoms with Crippen LogP contribution in [0.2, 0.25) is 0 Å². The van der Waals surface area contributed by atoms with Crippen LogP contribution in [0, 0.1) is 41.5 Å². The van der Waals surface area contributed by atoms with Crippen molar-refractivity contribution in [1.29, 1.82) is 0 Å². The van der Waals surface area contributed by atoms with Gasteiger partial charge in [0.25, 0.3) is 0 Å². The molecule has 6 aliphatic heterocycles. The molecule has 428 valence electrons. The number of aromatic nitrogens is 10. The fraction of sp³-hybridized carbons (Fsp3) is 0.0921. The maximum absolute atomic E-state index is 5.13. The number of rotatable bonds is 6. The molecule has 0 fully saturated rings. The number of aryl methyl sites for hydroxylation is 6. The number of nitrogens with zero attached hydrogens (tertiary/aromatic N) is 12. The minimum Gasteiger partial charge on any atom is -0.681 e. The molecule has 91 heavy (non-hydrogen) atoms. The summed E-state index contributed by atoms with van der Waals surface area (Å²) in [5.74, 6) is 0. The first-order chi connectivity index (χ1) is 43.1. The Balaban J connectivity index is 0.000000170. The molecular weight excluding hydrogens is 1280 g/mol. The van der Waals surface area contributed by atoms with Crippen LogP contribution in [0.4, 0.5) is 0 Å². The average Bonchev–Trinajstić information content (AvgIpc) is 1.80. The van der Waals surface area contributed by atoms with Crippen LogP contribution in [0.5, 0.6) is 0 Å². The molecule has 0 radical (unpaired) electrons. The molecule has 0 spiro atoms. The van der Waals surface area contributed by atoms with Crippen molar-refractivity contribution in [2.24, 2.45) is 4.99 Å². The van der Waals surface area contributed by atoms with Crippen molar-refractivity contribution in [1.82, 2.24) is 49.8 Å². The van der Waals surface area contributed by atoms with Gasteiger partial charge >= 0.3 is 39.0 Å². The molecule has 2 aromatic carbocycles. The third-order valence-electron chi connectivity index (χ3n) is 17.0. The second-order valence-electron chi connectivity index (χ2n) is 22.3. The summed E-state index contributed by atoms with van der Waals surface area (Å²) in [7, 11) is 0. The van der Waals surface area contributed by atoms with Gasteiger partial charge in [-0.2, -0.15) is 12.4 Å². The summed E-state index contributed by atoms with van der Waals surface area (Å²) in [6, 6.07) is 41.7. The van der Waals surface area contributed by atoms with Crippen LogP contribution < -0.4 is 29.9 Å². The monoisotopic (exact) mass is 1330 g/mol. The van der Waals surface area contributed by atoms with E-state index in [1.165, 1.54) is 0 Å². The molecule has 14 heterocycles. The maximum atomic E-state index is 5.13. The Morgan fingerprint density at radius 2 is 0.703 bits per heavy atom. The Morgan fingerprint density at radius 3 is 1.04 bits per heavy atom. The molecule has 6 aliphatic rings. The zero-order chi connectivity index (χ0) is 59.6. The van der Waals surface area contributed by atoms with Gasteiger partial charge in [-0.3, -0.25) is 4.99 Å². The van der Waals surface area contributed by atoms with E-state index in [1.54, 1.807) is 0 Å². The zero-order valence-corrected chi connectivity index (χ0v) is 60.3. The van der Waals surface area contributed by atoms with Crippen molar-refractivity contribution in [2.45, 2.75) is 41.5 Å². The van der Waals surface area contributed by atoms with E-state index in [1.807, 2.05) is 55.0 Å². The number of allylic oxidation sites excluding steroid dienone is 3. The average molecular weight is 1330 g/mol. The SMILES string of the molecule is Cc1c2nc(c(C)c3ccc([n-]3)c(-c3ccc(C(=C4C=CC=N4)c4ccc[n-]4)cc3)c3nc(c(C)c4ccc1[n-]4)C=C3)C=C2.Cc1c2nc(c(C)c3ccc([n-]3)c(-c3ccc(C(=C4C=CC[N-]4)c4ccc[n-]4)cc3)c3nc(c(C)c4ccc1[n-]4)C=C3)C=C2.[Zn+2].[Zn+2].[Zn]. The van der Waals surface area contributed by atoms with Crippen LogP contribution in [0.15, 0.2) is 174 Å². The summed E-state index contributed by atoms with van der Waals surface area (Å²) in [5, 5.41) is 4.70. The Morgan fingerprint density at radius 1 is 0.363 bits per heavy atom. The number of aliphatic imine (C=N–C) groups is 1. The van der Waals surface area contributed by atoms with Crippen molar-refractivity contribution in [3.8, 4) is 22.3 Å². The summed E-state index contributed by atoms with van der Waals surface area (Å²) in [6.45, 7) is 13.2. The van der Waals surface area contributed by atoms with Gasteiger partial charge in [0, 0.05) is 25.7 Å². The van der Waals surface area contributed by atoms with Gasteiger partial charge in [-0.15, -0.1) is 73.8 Å². The molecular formula is C76H55N12Zn3-3. The fourth-order valence-electron chi connectivity index (χ4n) is 11.9. The third kappa shape index (κ3) is 11.6. The van der Waals surface area contributed by atoms with Gasteiger partial charge in [0.15, 0.2) is 0 Å². The second-order valence-corrected chi connectivity index (χ2v) is 22.3. The van der Waals surface area contributed by atoms with Crippen LogP contribution in [0.25, 0.3) is 131 Å². The Kier molecular flexibility index (Phi) is 17.5. The van der Waals surface area contributed by atoms with E-state index in [2.05, 4.69) is 214 Å². The van der Waals surface area contributed by atoms with E-state index in [0.29, 0.717) is 6.54 Å². The predicted molar refractivity (Wildman–Crippen MR) is 359 cm³/mol. The predicted octanol–water partition coefficient (Wildman–Crippen LogP) is 16.0. The molecule has 15 heteroatoms.